The zero-order valence-electron chi connectivity index (χ0n) is 11.2. The molecule has 2 rings (SSSR count). The molecule has 0 aliphatic carbocycles. The van der Waals surface area contributed by atoms with E-state index in [1.807, 2.05) is 0 Å². The number of ether oxygens (including phenoxy) is 2. The molecule has 19 heavy (non-hydrogen) atoms. The molecule has 6 nitrogen and oxygen atoms in total. The Hall–Kier alpha value is -1.14. The van der Waals surface area contributed by atoms with Crippen molar-refractivity contribution in [3.05, 3.63) is 0 Å². The van der Waals surface area contributed by atoms with Crippen LogP contribution in [0.1, 0.15) is 32.6 Å². The summed E-state index contributed by atoms with van der Waals surface area (Å²) in [5.74, 6) is -1.10. The third kappa shape index (κ3) is 3.25. The van der Waals surface area contributed by atoms with Crippen molar-refractivity contribution >= 4 is 11.9 Å². The minimum atomic E-state index is -1.04. The molecule has 108 valence electrons. The Kier molecular flexibility index (Phi) is 4.42. The van der Waals surface area contributed by atoms with Gasteiger partial charge in [-0.25, -0.2) is 0 Å². The number of rotatable bonds is 4. The largest absolute Gasteiger partial charge is 0.481 e. The van der Waals surface area contributed by atoms with Crippen LogP contribution in [0.2, 0.25) is 0 Å². The van der Waals surface area contributed by atoms with Crippen LogP contribution in [0, 0.1) is 5.41 Å². The Morgan fingerprint density at radius 3 is 2.84 bits per heavy atom. The van der Waals surface area contributed by atoms with E-state index in [1.165, 1.54) is 0 Å². The first-order valence-electron chi connectivity index (χ1n) is 6.74. The van der Waals surface area contributed by atoms with E-state index in [4.69, 9.17) is 9.47 Å². The van der Waals surface area contributed by atoms with Gasteiger partial charge in [0, 0.05) is 6.61 Å². The first-order chi connectivity index (χ1) is 9.02. The number of carboxylic acids is 1. The van der Waals surface area contributed by atoms with Gasteiger partial charge in [0.25, 0.3) is 0 Å². The highest BCUT2D eigenvalue weighted by Crippen LogP contribution is 2.29. The van der Waals surface area contributed by atoms with Crippen LogP contribution in [0.4, 0.5) is 0 Å². The van der Waals surface area contributed by atoms with Crippen molar-refractivity contribution in [3.8, 4) is 0 Å². The molecule has 2 N–H and O–H groups in total. The van der Waals surface area contributed by atoms with Crippen molar-refractivity contribution in [3.63, 3.8) is 0 Å². The number of aliphatic carboxylic acids is 1. The van der Waals surface area contributed by atoms with Gasteiger partial charge < -0.3 is 19.9 Å². The lowest BCUT2D eigenvalue weighted by Crippen LogP contribution is -2.50. The van der Waals surface area contributed by atoms with E-state index in [-0.39, 0.29) is 25.2 Å². The SMILES string of the molecule is CC1(C(=O)O)COCC1NC(=O)CC1CCCCO1. The lowest BCUT2D eigenvalue weighted by atomic mass is 9.85. The average Bonchev–Trinajstić information content (AvgIpc) is 2.73. The first-order valence-corrected chi connectivity index (χ1v) is 6.74. The van der Waals surface area contributed by atoms with Crippen molar-refractivity contribution in [2.24, 2.45) is 5.41 Å². The topological polar surface area (TPSA) is 84.9 Å². The molecule has 2 fully saturated rings. The quantitative estimate of drug-likeness (QED) is 0.780. The predicted octanol–water partition coefficient (Wildman–Crippen LogP) is 0.551. The first kappa shape index (κ1) is 14.3. The van der Waals surface area contributed by atoms with E-state index in [0.717, 1.165) is 19.3 Å². The monoisotopic (exact) mass is 271 g/mol. The van der Waals surface area contributed by atoms with Crippen molar-refractivity contribution in [1.82, 2.24) is 5.32 Å². The summed E-state index contributed by atoms with van der Waals surface area (Å²) in [6, 6.07) is -0.471. The van der Waals surface area contributed by atoms with E-state index in [0.29, 0.717) is 13.0 Å². The molecule has 2 heterocycles. The smallest absolute Gasteiger partial charge is 0.313 e. The maximum atomic E-state index is 11.9. The highest BCUT2D eigenvalue weighted by molar-refractivity contribution is 5.80. The van der Waals surface area contributed by atoms with Crippen molar-refractivity contribution in [2.45, 2.75) is 44.8 Å². The summed E-state index contributed by atoms with van der Waals surface area (Å²) in [6.07, 6.45) is 3.28. The molecule has 0 aromatic rings. The minimum Gasteiger partial charge on any atom is -0.481 e. The van der Waals surface area contributed by atoms with Crippen molar-refractivity contribution in [2.75, 3.05) is 19.8 Å². The predicted molar refractivity (Wildman–Crippen MR) is 66.7 cm³/mol. The molecule has 0 aromatic heterocycles. The van der Waals surface area contributed by atoms with Crippen LogP contribution in [0.3, 0.4) is 0 Å². The maximum absolute atomic E-state index is 11.9. The second-order valence-corrected chi connectivity index (χ2v) is 5.55. The molecule has 1 amide bonds. The van der Waals surface area contributed by atoms with Crippen LogP contribution in [0.25, 0.3) is 0 Å². The van der Waals surface area contributed by atoms with Crippen molar-refractivity contribution in [1.29, 1.82) is 0 Å². The molecule has 0 spiro atoms. The van der Waals surface area contributed by atoms with Crippen LogP contribution in [-0.4, -0.2) is 48.9 Å². The maximum Gasteiger partial charge on any atom is 0.313 e. The van der Waals surface area contributed by atoms with E-state index in [1.54, 1.807) is 6.92 Å². The Morgan fingerprint density at radius 1 is 1.42 bits per heavy atom. The number of nitrogens with one attached hydrogen (secondary N) is 1. The third-order valence-corrected chi connectivity index (χ3v) is 3.97. The Bertz CT molecular complexity index is 353. The van der Waals surface area contributed by atoms with Gasteiger partial charge in [0.15, 0.2) is 0 Å². The van der Waals surface area contributed by atoms with Gasteiger partial charge in [-0.3, -0.25) is 9.59 Å². The molecule has 0 bridgehead atoms. The number of carboxylic acid groups (broad SMARTS) is 1. The van der Waals surface area contributed by atoms with Gasteiger partial charge >= 0.3 is 5.97 Å². The van der Waals surface area contributed by atoms with Gasteiger partial charge in [0.05, 0.1) is 31.8 Å². The summed E-state index contributed by atoms with van der Waals surface area (Å²) in [5, 5.41) is 12.0. The van der Waals surface area contributed by atoms with Crippen LogP contribution < -0.4 is 5.32 Å². The molecule has 2 saturated heterocycles. The number of hydrogen-bond acceptors (Lipinski definition) is 4. The number of carbonyl (C=O) groups excluding carboxylic acids is 1. The van der Waals surface area contributed by atoms with E-state index in [9.17, 15) is 14.7 Å². The van der Waals surface area contributed by atoms with Gasteiger partial charge in [-0.1, -0.05) is 0 Å². The molecule has 2 aliphatic heterocycles. The lowest BCUT2D eigenvalue weighted by molar-refractivity contribution is -0.149. The summed E-state index contributed by atoms with van der Waals surface area (Å²) in [5.41, 5.74) is -1.04. The molecule has 0 radical (unpaired) electrons. The van der Waals surface area contributed by atoms with Crippen LogP contribution in [0.5, 0.6) is 0 Å². The summed E-state index contributed by atoms with van der Waals surface area (Å²) >= 11 is 0. The zero-order chi connectivity index (χ0) is 13.9. The Morgan fingerprint density at radius 2 is 2.21 bits per heavy atom. The van der Waals surface area contributed by atoms with Gasteiger partial charge in [-0.15, -0.1) is 0 Å². The van der Waals surface area contributed by atoms with Gasteiger partial charge in [0.1, 0.15) is 5.41 Å². The van der Waals surface area contributed by atoms with Crippen LogP contribution >= 0.6 is 0 Å². The number of carbonyl (C=O) groups is 2. The minimum absolute atomic E-state index is 0.0350. The molecule has 3 unspecified atom stereocenters. The third-order valence-electron chi connectivity index (χ3n) is 3.97. The average molecular weight is 271 g/mol. The highest BCUT2D eigenvalue weighted by atomic mass is 16.5. The van der Waals surface area contributed by atoms with Gasteiger partial charge in [-0.2, -0.15) is 0 Å². The normalized spacial score (nSPS) is 35.0. The molecule has 0 saturated carbocycles. The molecule has 6 heteroatoms. The fourth-order valence-corrected chi connectivity index (χ4v) is 2.51. The zero-order valence-corrected chi connectivity index (χ0v) is 11.2. The lowest BCUT2D eigenvalue weighted by Gasteiger charge is -2.27. The fourth-order valence-electron chi connectivity index (χ4n) is 2.51. The molecule has 2 aliphatic rings. The highest BCUT2D eigenvalue weighted by Gasteiger charge is 2.47. The van der Waals surface area contributed by atoms with Gasteiger partial charge in [-0.05, 0) is 26.2 Å². The van der Waals surface area contributed by atoms with Crippen LogP contribution in [0.15, 0.2) is 0 Å². The summed E-state index contributed by atoms with van der Waals surface area (Å²) in [4.78, 5) is 23.2. The Balaban J connectivity index is 1.86. The standard InChI is InChI=1S/C13H21NO5/c1-13(12(16)17)8-18-7-10(13)14-11(15)6-9-4-2-3-5-19-9/h9-10H,2-8H2,1H3,(H,14,15)(H,16,17). The number of hydrogen-bond donors (Lipinski definition) is 2. The molecule has 3 atom stereocenters. The molecular formula is C13H21NO5. The fraction of sp³-hybridized carbons (Fsp3) is 0.846. The second-order valence-electron chi connectivity index (χ2n) is 5.55. The van der Waals surface area contributed by atoms with E-state index >= 15 is 0 Å². The van der Waals surface area contributed by atoms with Crippen molar-refractivity contribution < 1.29 is 24.2 Å². The number of amides is 1. The van der Waals surface area contributed by atoms with Gasteiger partial charge in [0.2, 0.25) is 5.91 Å². The molecule has 0 aromatic carbocycles. The molecular weight excluding hydrogens is 250 g/mol. The summed E-state index contributed by atoms with van der Waals surface area (Å²) in [6.45, 7) is 2.69. The second kappa shape index (κ2) is 5.88. The van der Waals surface area contributed by atoms with E-state index in [2.05, 4.69) is 5.32 Å². The summed E-state index contributed by atoms with van der Waals surface area (Å²) in [7, 11) is 0. The summed E-state index contributed by atoms with van der Waals surface area (Å²) < 4.78 is 10.7. The van der Waals surface area contributed by atoms with E-state index < -0.39 is 17.4 Å². The Labute approximate surface area is 112 Å². The van der Waals surface area contributed by atoms with Crippen LogP contribution in [-0.2, 0) is 19.1 Å².